The second kappa shape index (κ2) is 6.57. The van der Waals surface area contributed by atoms with Gasteiger partial charge in [0.25, 0.3) is 0 Å². The van der Waals surface area contributed by atoms with Crippen LogP contribution in [0.15, 0.2) is 18.2 Å². The average molecular weight is 303 g/mol. The van der Waals surface area contributed by atoms with Gasteiger partial charge in [0, 0.05) is 18.8 Å². The van der Waals surface area contributed by atoms with E-state index in [0.717, 1.165) is 19.5 Å². The third kappa shape index (κ3) is 4.08. The second-order valence-electron chi connectivity index (χ2n) is 4.75. The third-order valence-electron chi connectivity index (χ3n) is 3.20. The Hall–Kier alpha value is -0.810. The van der Waals surface area contributed by atoms with Crippen LogP contribution in [0.4, 0.5) is 5.69 Å². The molecule has 1 amide bonds. The molecule has 1 aliphatic rings. The van der Waals surface area contributed by atoms with E-state index in [2.05, 4.69) is 5.32 Å². The summed E-state index contributed by atoms with van der Waals surface area (Å²) in [5.74, 6) is 0.203. The topological polar surface area (TPSA) is 52.6 Å². The summed E-state index contributed by atoms with van der Waals surface area (Å²) in [5, 5.41) is 12.7. The number of nitrogens with zero attached hydrogens (tertiary/aromatic N) is 1. The van der Waals surface area contributed by atoms with Crippen molar-refractivity contribution in [2.45, 2.75) is 6.42 Å². The fourth-order valence-electron chi connectivity index (χ4n) is 2.18. The molecular formula is C13H16Cl2N2O2. The maximum Gasteiger partial charge on any atom is 0.238 e. The molecule has 0 radical (unpaired) electrons. The molecule has 104 valence electrons. The molecule has 0 aromatic heterocycles. The minimum atomic E-state index is -0.0861. The number of hydrogen-bond acceptors (Lipinski definition) is 3. The lowest BCUT2D eigenvalue weighted by molar-refractivity contribution is -0.117. The minimum Gasteiger partial charge on any atom is -0.396 e. The van der Waals surface area contributed by atoms with E-state index in [1.165, 1.54) is 0 Å². The summed E-state index contributed by atoms with van der Waals surface area (Å²) in [6.07, 6.45) is 0.941. The van der Waals surface area contributed by atoms with Gasteiger partial charge in [-0.2, -0.15) is 0 Å². The molecule has 1 heterocycles. The van der Waals surface area contributed by atoms with E-state index in [0.29, 0.717) is 22.3 Å². The number of anilines is 1. The van der Waals surface area contributed by atoms with Crippen LogP contribution in [-0.2, 0) is 4.79 Å². The Morgan fingerprint density at radius 2 is 2.21 bits per heavy atom. The Morgan fingerprint density at radius 3 is 2.84 bits per heavy atom. The zero-order valence-corrected chi connectivity index (χ0v) is 11.9. The van der Waals surface area contributed by atoms with Crippen molar-refractivity contribution in [1.82, 2.24) is 4.90 Å². The summed E-state index contributed by atoms with van der Waals surface area (Å²) >= 11 is 11.7. The van der Waals surface area contributed by atoms with Crippen molar-refractivity contribution >= 4 is 34.8 Å². The highest BCUT2D eigenvalue weighted by atomic mass is 35.5. The molecule has 0 spiro atoms. The molecule has 4 nitrogen and oxygen atoms in total. The van der Waals surface area contributed by atoms with E-state index < -0.39 is 0 Å². The number of halogens is 2. The Labute approximate surface area is 122 Å². The molecule has 2 rings (SSSR count). The van der Waals surface area contributed by atoms with Crippen molar-refractivity contribution in [3.8, 4) is 0 Å². The van der Waals surface area contributed by atoms with Crippen molar-refractivity contribution in [2.24, 2.45) is 5.92 Å². The third-order valence-corrected chi connectivity index (χ3v) is 3.94. The summed E-state index contributed by atoms with van der Waals surface area (Å²) in [4.78, 5) is 13.9. The molecule has 1 aliphatic heterocycles. The van der Waals surface area contributed by atoms with Crippen LogP contribution < -0.4 is 5.32 Å². The van der Waals surface area contributed by atoms with Crippen LogP contribution in [0.5, 0.6) is 0 Å². The number of aliphatic hydroxyl groups is 1. The summed E-state index contributed by atoms with van der Waals surface area (Å²) in [6.45, 7) is 2.13. The highest BCUT2D eigenvalue weighted by Crippen LogP contribution is 2.25. The first-order chi connectivity index (χ1) is 9.08. The molecule has 1 fully saturated rings. The number of carbonyl (C=O) groups excluding carboxylic acids is 1. The summed E-state index contributed by atoms with van der Waals surface area (Å²) in [5.41, 5.74) is 0.636. The summed E-state index contributed by atoms with van der Waals surface area (Å²) in [7, 11) is 0. The fraction of sp³-hybridized carbons (Fsp3) is 0.462. The first-order valence-electron chi connectivity index (χ1n) is 6.16. The van der Waals surface area contributed by atoms with Gasteiger partial charge in [0.1, 0.15) is 0 Å². The molecule has 1 saturated heterocycles. The normalized spacial score (nSPS) is 19.6. The zero-order chi connectivity index (χ0) is 13.8. The number of rotatable bonds is 4. The van der Waals surface area contributed by atoms with Crippen LogP contribution in [-0.4, -0.2) is 42.2 Å². The van der Waals surface area contributed by atoms with Gasteiger partial charge in [-0.15, -0.1) is 0 Å². The molecule has 0 aliphatic carbocycles. The van der Waals surface area contributed by atoms with E-state index in [1.54, 1.807) is 18.2 Å². The molecule has 1 aromatic carbocycles. The van der Waals surface area contributed by atoms with Crippen molar-refractivity contribution in [3.63, 3.8) is 0 Å². The molecule has 6 heteroatoms. The van der Waals surface area contributed by atoms with Gasteiger partial charge >= 0.3 is 0 Å². The molecule has 19 heavy (non-hydrogen) atoms. The van der Waals surface area contributed by atoms with Gasteiger partial charge in [-0.3, -0.25) is 9.69 Å². The van der Waals surface area contributed by atoms with E-state index in [1.807, 2.05) is 4.90 Å². The summed E-state index contributed by atoms with van der Waals surface area (Å²) < 4.78 is 0. The Kier molecular flexibility index (Phi) is 5.05. The van der Waals surface area contributed by atoms with E-state index in [9.17, 15) is 4.79 Å². The predicted octanol–water partition coefficient (Wildman–Crippen LogP) is 2.25. The van der Waals surface area contributed by atoms with Gasteiger partial charge < -0.3 is 10.4 Å². The van der Waals surface area contributed by atoms with Crippen molar-refractivity contribution < 1.29 is 9.90 Å². The number of likely N-dealkylation sites (tertiary alicyclic amines) is 1. The van der Waals surface area contributed by atoms with E-state index >= 15 is 0 Å². The number of hydrogen-bond donors (Lipinski definition) is 2. The molecule has 1 aromatic rings. The quantitative estimate of drug-likeness (QED) is 0.897. The number of nitrogens with one attached hydrogen (secondary N) is 1. The van der Waals surface area contributed by atoms with Gasteiger partial charge in [0.2, 0.25) is 5.91 Å². The Morgan fingerprint density at radius 1 is 1.42 bits per heavy atom. The number of benzene rings is 1. The maximum absolute atomic E-state index is 11.9. The van der Waals surface area contributed by atoms with Crippen LogP contribution in [0.1, 0.15) is 6.42 Å². The van der Waals surface area contributed by atoms with E-state index in [4.69, 9.17) is 28.3 Å². The molecule has 1 unspecified atom stereocenters. The molecule has 0 saturated carbocycles. The summed E-state index contributed by atoms with van der Waals surface area (Å²) in [6, 6.07) is 4.99. The lowest BCUT2D eigenvalue weighted by Crippen LogP contribution is -2.31. The van der Waals surface area contributed by atoms with Crippen LogP contribution in [0.3, 0.4) is 0 Å². The maximum atomic E-state index is 11.9. The minimum absolute atomic E-state index is 0.0861. The zero-order valence-electron chi connectivity index (χ0n) is 10.4. The molecule has 1 atom stereocenters. The first-order valence-corrected chi connectivity index (χ1v) is 6.92. The molecular weight excluding hydrogens is 287 g/mol. The second-order valence-corrected chi connectivity index (χ2v) is 5.56. The molecule has 0 bridgehead atoms. The van der Waals surface area contributed by atoms with Crippen molar-refractivity contribution in [3.05, 3.63) is 28.2 Å². The van der Waals surface area contributed by atoms with Crippen LogP contribution >= 0.6 is 23.2 Å². The Bertz CT molecular complexity index is 468. The highest BCUT2D eigenvalue weighted by molar-refractivity contribution is 6.42. The smallest absolute Gasteiger partial charge is 0.238 e. The lowest BCUT2D eigenvalue weighted by Gasteiger charge is -2.15. The molecule has 2 N–H and O–H groups in total. The number of aliphatic hydroxyl groups excluding tert-OH is 1. The Balaban J connectivity index is 1.86. The average Bonchev–Trinajstić information content (AvgIpc) is 2.81. The highest BCUT2D eigenvalue weighted by Gasteiger charge is 2.23. The monoisotopic (exact) mass is 302 g/mol. The van der Waals surface area contributed by atoms with Gasteiger partial charge in [-0.1, -0.05) is 23.2 Å². The van der Waals surface area contributed by atoms with Gasteiger partial charge in [0.15, 0.2) is 0 Å². The fourth-order valence-corrected chi connectivity index (χ4v) is 2.48. The predicted molar refractivity (Wildman–Crippen MR) is 76.7 cm³/mol. The van der Waals surface area contributed by atoms with Crippen LogP contribution in [0, 0.1) is 5.92 Å². The number of carbonyl (C=O) groups is 1. The van der Waals surface area contributed by atoms with Crippen molar-refractivity contribution in [2.75, 3.05) is 31.6 Å². The number of amides is 1. The lowest BCUT2D eigenvalue weighted by atomic mass is 10.1. The first kappa shape index (κ1) is 14.6. The van der Waals surface area contributed by atoms with Gasteiger partial charge in [-0.05, 0) is 37.1 Å². The SMILES string of the molecule is O=C(CN1CCC(CO)C1)Nc1ccc(Cl)c(Cl)c1. The van der Waals surface area contributed by atoms with Gasteiger partial charge in [0.05, 0.1) is 16.6 Å². The standard InChI is InChI=1S/C13H16Cl2N2O2/c14-11-2-1-10(5-12(11)15)16-13(19)7-17-4-3-9(6-17)8-18/h1-2,5,9,18H,3-4,6-8H2,(H,16,19). The van der Waals surface area contributed by atoms with Gasteiger partial charge in [-0.25, -0.2) is 0 Å². The van der Waals surface area contributed by atoms with E-state index in [-0.39, 0.29) is 18.4 Å². The van der Waals surface area contributed by atoms with Crippen LogP contribution in [0.2, 0.25) is 10.0 Å². The largest absolute Gasteiger partial charge is 0.396 e. The van der Waals surface area contributed by atoms with Crippen molar-refractivity contribution in [1.29, 1.82) is 0 Å². The van der Waals surface area contributed by atoms with Crippen LogP contribution in [0.25, 0.3) is 0 Å².